The minimum atomic E-state index is -0.0702. The number of aromatic nitrogens is 3. The van der Waals surface area contributed by atoms with Crippen LogP contribution in [0.15, 0.2) is 42.6 Å². The third-order valence-corrected chi connectivity index (χ3v) is 7.97. The normalized spacial score (nSPS) is 17.7. The van der Waals surface area contributed by atoms with Crippen LogP contribution in [0.2, 0.25) is 0 Å². The maximum absolute atomic E-state index is 13.0. The molecule has 1 fully saturated rings. The second kappa shape index (κ2) is 11.8. The van der Waals surface area contributed by atoms with Gasteiger partial charge in [-0.25, -0.2) is 0 Å². The monoisotopic (exact) mass is 543 g/mol. The fourth-order valence-corrected chi connectivity index (χ4v) is 5.39. The van der Waals surface area contributed by atoms with Crippen LogP contribution in [0.4, 0.5) is 17.6 Å². The van der Waals surface area contributed by atoms with Crippen LogP contribution in [-0.2, 0) is 13.0 Å². The SMILES string of the molecule is CC1Cc2ccc(-c3ccnc(C(=O)N(C)CCN(C)C)c3)cc2CN1c1cc(N2CCN(C)CC2)nc(N)n1. The van der Waals surface area contributed by atoms with E-state index >= 15 is 0 Å². The van der Waals surface area contributed by atoms with Gasteiger partial charge in [0.2, 0.25) is 5.95 Å². The highest BCUT2D eigenvalue weighted by Gasteiger charge is 2.26. The molecule has 3 aromatic rings. The van der Waals surface area contributed by atoms with E-state index in [-0.39, 0.29) is 11.9 Å². The van der Waals surface area contributed by atoms with Gasteiger partial charge in [-0.05, 0) is 74.9 Å². The molecule has 1 atom stereocenters. The van der Waals surface area contributed by atoms with Crippen molar-refractivity contribution < 1.29 is 4.79 Å². The molecule has 5 rings (SSSR count). The maximum Gasteiger partial charge on any atom is 0.272 e. The van der Waals surface area contributed by atoms with Crippen molar-refractivity contribution in [2.75, 3.05) is 83.0 Å². The number of carbonyl (C=O) groups excluding carboxylic acids is 1. The van der Waals surface area contributed by atoms with Crippen molar-refractivity contribution in [1.29, 1.82) is 0 Å². The van der Waals surface area contributed by atoms with E-state index < -0.39 is 0 Å². The molecule has 1 unspecified atom stereocenters. The molecule has 2 N–H and O–H groups in total. The summed E-state index contributed by atoms with van der Waals surface area (Å²) in [6.45, 7) is 8.27. The second-order valence-corrected chi connectivity index (χ2v) is 11.4. The van der Waals surface area contributed by atoms with Gasteiger partial charge >= 0.3 is 0 Å². The highest BCUT2D eigenvalue weighted by Crippen LogP contribution is 2.32. The summed E-state index contributed by atoms with van der Waals surface area (Å²) in [7, 11) is 7.97. The summed E-state index contributed by atoms with van der Waals surface area (Å²) < 4.78 is 0. The second-order valence-electron chi connectivity index (χ2n) is 11.4. The number of fused-ring (bicyclic) bond motifs is 1. The lowest BCUT2D eigenvalue weighted by Crippen LogP contribution is -2.45. The maximum atomic E-state index is 13.0. The van der Waals surface area contributed by atoms with Gasteiger partial charge in [-0.2, -0.15) is 9.97 Å². The average molecular weight is 544 g/mol. The molecule has 2 aliphatic heterocycles. The molecule has 0 saturated carbocycles. The summed E-state index contributed by atoms with van der Waals surface area (Å²) in [4.78, 5) is 37.3. The highest BCUT2D eigenvalue weighted by atomic mass is 16.2. The van der Waals surface area contributed by atoms with E-state index in [2.05, 4.69) is 72.8 Å². The van der Waals surface area contributed by atoms with E-state index in [1.807, 2.05) is 33.3 Å². The van der Waals surface area contributed by atoms with Crippen molar-refractivity contribution in [2.45, 2.75) is 25.9 Å². The first kappa shape index (κ1) is 27.8. The molecule has 2 aromatic heterocycles. The number of hydrogen-bond donors (Lipinski definition) is 1. The van der Waals surface area contributed by atoms with E-state index in [1.54, 1.807) is 11.1 Å². The van der Waals surface area contributed by atoms with Crippen LogP contribution in [0.3, 0.4) is 0 Å². The Hall–Kier alpha value is -3.76. The molecule has 10 nitrogen and oxygen atoms in total. The number of nitrogen functional groups attached to an aromatic ring is 1. The molecule has 10 heteroatoms. The number of hydrogen-bond acceptors (Lipinski definition) is 9. The Morgan fingerprint density at radius 3 is 2.42 bits per heavy atom. The van der Waals surface area contributed by atoms with Crippen molar-refractivity contribution >= 4 is 23.5 Å². The van der Waals surface area contributed by atoms with Crippen molar-refractivity contribution in [3.63, 3.8) is 0 Å². The number of pyridine rings is 1. The van der Waals surface area contributed by atoms with Crippen molar-refractivity contribution in [3.05, 3.63) is 59.4 Å². The zero-order valence-corrected chi connectivity index (χ0v) is 24.3. The smallest absolute Gasteiger partial charge is 0.272 e. The molecule has 0 bridgehead atoms. The number of piperazine rings is 1. The van der Waals surface area contributed by atoms with Gasteiger partial charge in [-0.1, -0.05) is 12.1 Å². The number of rotatable bonds is 7. The van der Waals surface area contributed by atoms with Gasteiger partial charge in [0, 0.05) is 71.2 Å². The fraction of sp³-hybridized carbons (Fsp3) is 0.467. The van der Waals surface area contributed by atoms with Crippen LogP contribution in [0, 0.1) is 0 Å². The summed E-state index contributed by atoms with van der Waals surface area (Å²) in [5, 5.41) is 0. The van der Waals surface area contributed by atoms with Crippen molar-refractivity contribution in [1.82, 2.24) is 29.7 Å². The Labute approximate surface area is 237 Å². The number of carbonyl (C=O) groups is 1. The van der Waals surface area contributed by atoms with Crippen LogP contribution in [-0.4, -0.2) is 109 Å². The van der Waals surface area contributed by atoms with Crippen LogP contribution in [0.25, 0.3) is 11.1 Å². The van der Waals surface area contributed by atoms with Gasteiger partial charge in [0.05, 0.1) is 0 Å². The van der Waals surface area contributed by atoms with E-state index in [0.29, 0.717) is 18.2 Å². The number of anilines is 3. The van der Waals surface area contributed by atoms with E-state index in [9.17, 15) is 4.79 Å². The third-order valence-electron chi connectivity index (χ3n) is 7.97. The van der Waals surface area contributed by atoms with Crippen LogP contribution in [0.1, 0.15) is 28.5 Å². The first-order valence-electron chi connectivity index (χ1n) is 14.0. The number of likely N-dealkylation sites (N-methyl/N-ethyl adjacent to an activating group) is 3. The molecular weight excluding hydrogens is 502 g/mol. The molecule has 1 aromatic carbocycles. The summed E-state index contributed by atoms with van der Waals surface area (Å²) in [6, 6.07) is 12.8. The van der Waals surface area contributed by atoms with Gasteiger partial charge in [0.25, 0.3) is 5.91 Å². The lowest BCUT2D eigenvalue weighted by Gasteiger charge is -2.37. The largest absolute Gasteiger partial charge is 0.368 e. The summed E-state index contributed by atoms with van der Waals surface area (Å²) in [6.07, 6.45) is 2.64. The Balaban J connectivity index is 1.37. The van der Waals surface area contributed by atoms with E-state index in [4.69, 9.17) is 5.73 Å². The molecule has 1 saturated heterocycles. The Bertz CT molecular complexity index is 1350. The summed E-state index contributed by atoms with van der Waals surface area (Å²) in [5.41, 5.74) is 11.3. The van der Waals surface area contributed by atoms with Gasteiger partial charge < -0.3 is 30.2 Å². The molecular formula is C30H41N9O. The zero-order chi connectivity index (χ0) is 28.4. The molecule has 40 heavy (non-hydrogen) atoms. The van der Waals surface area contributed by atoms with E-state index in [0.717, 1.165) is 68.5 Å². The number of nitrogens with two attached hydrogens (primary N) is 1. The average Bonchev–Trinajstić information content (AvgIpc) is 2.95. The molecule has 0 spiro atoms. The molecule has 0 aliphatic carbocycles. The van der Waals surface area contributed by atoms with Crippen LogP contribution >= 0.6 is 0 Å². The molecule has 0 radical (unpaired) electrons. The molecule has 4 heterocycles. The van der Waals surface area contributed by atoms with Crippen molar-refractivity contribution in [3.8, 4) is 11.1 Å². The molecule has 2 aliphatic rings. The minimum Gasteiger partial charge on any atom is -0.368 e. The quantitative estimate of drug-likeness (QED) is 0.482. The number of nitrogens with zero attached hydrogens (tertiary/aromatic N) is 8. The zero-order valence-electron chi connectivity index (χ0n) is 24.3. The number of amides is 1. The topological polar surface area (TPSA) is 98.0 Å². The summed E-state index contributed by atoms with van der Waals surface area (Å²) in [5.74, 6) is 2.00. The first-order chi connectivity index (χ1) is 19.2. The van der Waals surface area contributed by atoms with Gasteiger partial charge in [0.1, 0.15) is 17.3 Å². The molecule has 212 valence electrons. The van der Waals surface area contributed by atoms with Crippen LogP contribution < -0.4 is 15.5 Å². The first-order valence-corrected chi connectivity index (χ1v) is 14.0. The van der Waals surface area contributed by atoms with E-state index in [1.165, 1.54) is 11.1 Å². The lowest BCUT2D eigenvalue weighted by molar-refractivity contribution is 0.0780. The van der Waals surface area contributed by atoms with Gasteiger partial charge in [-0.15, -0.1) is 0 Å². The van der Waals surface area contributed by atoms with Gasteiger partial charge in [-0.3, -0.25) is 9.78 Å². The standard InChI is InChI=1S/C30H41N9O/c1-21-16-22-6-7-23(24-8-9-32-26(18-24)29(40)37(5)13-10-35(2)3)17-25(22)20-39(21)28-19-27(33-30(31)34-28)38-14-11-36(4)12-15-38/h6-9,17-19,21H,10-16,20H2,1-5H3,(H2,31,33,34). The highest BCUT2D eigenvalue weighted by molar-refractivity contribution is 5.93. The lowest BCUT2D eigenvalue weighted by atomic mass is 9.91. The Kier molecular flexibility index (Phi) is 8.18. The van der Waals surface area contributed by atoms with Gasteiger partial charge in [0.15, 0.2) is 0 Å². The minimum absolute atomic E-state index is 0.0702. The molecule has 1 amide bonds. The Morgan fingerprint density at radius 2 is 1.68 bits per heavy atom. The fourth-order valence-electron chi connectivity index (χ4n) is 5.39. The predicted molar refractivity (Wildman–Crippen MR) is 161 cm³/mol. The third kappa shape index (κ3) is 6.18. The van der Waals surface area contributed by atoms with Crippen LogP contribution in [0.5, 0.6) is 0 Å². The number of benzene rings is 1. The predicted octanol–water partition coefficient (Wildman–Crippen LogP) is 2.46. The Morgan fingerprint density at radius 1 is 0.950 bits per heavy atom. The summed E-state index contributed by atoms with van der Waals surface area (Å²) >= 11 is 0. The van der Waals surface area contributed by atoms with Crippen molar-refractivity contribution in [2.24, 2.45) is 0 Å².